The summed E-state index contributed by atoms with van der Waals surface area (Å²) in [5.41, 5.74) is 0. The van der Waals surface area contributed by atoms with Gasteiger partial charge in [-0.1, -0.05) is 220 Å². The second-order valence-electron chi connectivity index (χ2n) is 18.5. The molecule has 0 aliphatic rings. The molecule has 0 saturated heterocycles. The molecule has 0 bridgehead atoms. The molecule has 0 heterocycles. The van der Waals surface area contributed by atoms with Crippen molar-refractivity contribution in [2.24, 2.45) is 0 Å². The van der Waals surface area contributed by atoms with E-state index in [-0.39, 0.29) is 37.5 Å². The Bertz CT molecular complexity index is 1420. The monoisotopic (exact) mass is 957 g/mol. The van der Waals surface area contributed by atoms with Crippen LogP contribution in [0.3, 0.4) is 0 Å². The minimum absolute atomic E-state index is 0.109. The predicted molar refractivity (Wildman–Crippen MR) is 297 cm³/mol. The molecule has 0 aliphatic carbocycles. The zero-order valence-electron chi connectivity index (χ0n) is 44.8. The molecule has 69 heavy (non-hydrogen) atoms. The van der Waals surface area contributed by atoms with Crippen molar-refractivity contribution in [1.29, 1.82) is 0 Å². The van der Waals surface area contributed by atoms with E-state index in [9.17, 15) is 14.4 Å². The quantitative estimate of drug-likeness (QED) is 0.0262. The molecule has 0 aromatic heterocycles. The van der Waals surface area contributed by atoms with E-state index in [2.05, 4.69) is 130 Å². The molecule has 0 amide bonds. The molecule has 6 nitrogen and oxygen atoms in total. The van der Waals surface area contributed by atoms with Gasteiger partial charge in [0.1, 0.15) is 13.2 Å². The number of unbranched alkanes of at least 4 members (excludes halogenated alkanes) is 21. The molecule has 0 aromatic carbocycles. The Kier molecular flexibility index (Phi) is 53.4. The first-order chi connectivity index (χ1) is 34.0. The number of esters is 3. The molecule has 0 saturated carbocycles. The van der Waals surface area contributed by atoms with Crippen LogP contribution in [0.25, 0.3) is 0 Å². The number of allylic oxidation sites excluding steroid dienone is 18. The average Bonchev–Trinajstić information content (AvgIpc) is 3.35. The third-order valence-corrected chi connectivity index (χ3v) is 11.7. The maximum Gasteiger partial charge on any atom is 0.306 e. The highest BCUT2D eigenvalue weighted by atomic mass is 16.6. The Morgan fingerprint density at radius 1 is 0.304 bits per heavy atom. The number of carbonyl (C=O) groups excluding carboxylic acids is 3. The number of rotatable bonds is 50. The highest BCUT2D eigenvalue weighted by Gasteiger charge is 2.19. The minimum Gasteiger partial charge on any atom is -0.462 e. The van der Waals surface area contributed by atoms with Gasteiger partial charge in [-0.15, -0.1) is 0 Å². The van der Waals surface area contributed by atoms with Crippen LogP contribution in [0.2, 0.25) is 0 Å². The van der Waals surface area contributed by atoms with Gasteiger partial charge in [0.05, 0.1) is 0 Å². The van der Waals surface area contributed by atoms with E-state index in [0.29, 0.717) is 19.3 Å². The number of carbonyl (C=O) groups is 3. The summed E-state index contributed by atoms with van der Waals surface area (Å²) >= 11 is 0. The van der Waals surface area contributed by atoms with E-state index < -0.39 is 6.10 Å². The molecular weight excluding hydrogens is 853 g/mol. The van der Waals surface area contributed by atoms with Crippen molar-refractivity contribution in [1.82, 2.24) is 0 Å². The largest absolute Gasteiger partial charge is 0.462 e. The summed E-state index contributed by atoms with van der Waals surface area (Å²) in [5, 5.41) is 0. The highest BCUT2D eigenvalue weighted by molar-refractivity contribution is 5.71. The molecule has 0 aliphatic heterocycles. The van der Waals surface area contributed by atoms with E-state index in [4.69, 9.17) is 14.2 Å². The lowest BCUT2D eigenvalue weighted by Crippen LogP contribution is -2.30. The minimum atomic E-state index is -0.818. The van der Waals surface area contributed by atoms with Crippen molar-refractivity contribution >= 4 is 17.9 Å². The van der Waals surface area contributed by atoms with Crippen molar-refractivity contribution in [3.8, 4) is 0 Å². The zero-order chi connectivity index (χ0) is 50.0. The summed E-state index contributed by atoms with van der Waals surface area (Å²) in [6, 6.07) is 0. The van der Waals surface area contributed by atoms with Crippen LogP contribution >= 0.6 is 0 Å². The molecule has 0 fully saturated rings. The lowest BCUT2D eigenvalue weighted by atomic mass is 10.1. The van der Waals surface area contributed by atoms with Crippen LogP contribution in [-0.2, 0) is 28.6 Å². The Hall–Kier alpha value is -3.93. The van der Waals surface area contributed by atoms with Gasteiger partial charge in [0.2, 0.25) is 0 Å². The molecule has 1 unspecified atom stereocenters. The van der Waals surface area contributed by atoms with E-state index in [0.717, 1.165) is 109 Å². The normalized spacial score (nSPS) is 12.9. The standard InChI is InChI=1S/C63H104O6/c1-4-7-10-13-16-19-22-25-28-30-31-33-35-38-41-44-47-50-53-56-62(65)68-59-60(58-67-61(64)55-52-49-46-43-40-37-34-27-24-21-18-15-12-9-6-3)69-63(66)57-54-51-48-45-42-39-36-32-29-26-23-20-17-14-11-8-5-2/h8,11,16-21,25-29,34,36,39,45,48,60H,4-7,9-10,12-15,22-24,30-33,35,37-38,40-44,46-47,49-59H2,1-3H3/b11-8-,19-16-,20-17-,21-18-,28-25-,29-26-,34-27-,39-36-,48-45-. The second-order valence-corrected chi connectivity index (χ2v) is 18.5. The van der Waals surface area contributed by atoms with Crippen LogP contribution in [0.1, 0.15) is 252 Å². The van der Waals surface area contributed by atoms with Gasteiger partial charge in [-0.2, -0.15) is 0 Å². The molecule has 0 spiro atoms. The van der Waals surface area contributed by atoms with Crippen molar-refractivity contribution < 1.29 is 28.6 Å². The van der Waals surface area contributed by atoms with Crippen molar-refractivity contribution in [3.63, 3.8) is 0 Å². The molecule has 6 heteroatoms. The van der Waals surface area contributed by atoms with Gasteiger partial charge in [0.25, 0.3) is 0 Å². The van der Waals surface area contributed by atoms with Crippen molar-refractivity contribution in [2.45, 2.75) is 258 Å². The molecule has 0 N–H and O–H groups in total. The fraction of sp³-hybridized carbons (Fsp3) is 0.667. The molecule has 392 valence electrons. The predicted octanol–water partition coefficient (Wildman–Crippen LogP) is 19.1. The summed E-state index contributed by atoms with van der Waals surface area (Å²) in [6.07, 6.45) is 76.5. The van der Waals surface area contributed by atoms with Crippen LogP contribution in [0, 0.1) is 0 Å². The summed E-state index contributed by atoms with van der Waals surface area (Å²) < 4.78 is 16.8. The Balaban J connectivity index is 4.50. The number of ether oxygens (including phenoxy) is 3. The number of hydrogen-bond acceptors (Lipinski definition) is 6. The SMILES string of the molecule is CC/C=C\C/C=C\C/C=C\C/C=C\C/C=C\CCCC(=O)OC(COC(=O)CCCCCCC/C=C\C/C=C\CCCCC)COC(=O)CCCCCCCCCCC/C=C\C/C=C\CCCCC. The molecule has 0 aromatic rings. The van der Waals surface area contributed by atoms with E-state index in [1.54, 1.807) is 0 Å². The Morgan fingerprint density at radius 2 is 0.580 bits per heavy atom. The molecule has 0 rings (SSSR count). The lowest BCUT2D eigenvalue weighted by molar-refractivity contribution is -0.167. The van der Waals surface area contributed by atoms with Crippen LogP contribution < -0.4 is 0 Å². The molecular formula is C63H104O6. The zero-order valence-corrected chi connectivity index (χ0v) is 44.8. The summed E-state index contributed by atoms with van der Waals surface area (Å²) in [6.45, 7) is 6.41. The van der Waals surface area contributed by atoms with Gasteiger partial charge in [-0.05, 0) is 122 Å². The van der Waals surface area contributed by atoms with E-state index in [1.165, 1.54) is 96.3 Å². The summed E-state index contributed by atoms with van der Waals surface area (Å²) in [5.74, 6) is -0.986. The fourth-order valence-electron chi connectivity index (χ4n) is 7.48. The van der Waals surface area contributed by atoms with Gasteiger partial charge >= 0.3 is 17.9 Å². The third kappa shape index (κ3) is 54.9. The fourth-order valence-corrected chi connectivity index (χ4v) is 7.48. The van der Waals surface area contributed by atoms with Gasteiger partial charge in [0, 0.05) is 19.3 Å². The Morgan fingerprint density at radius 3 is 0.928 bits per heavy atom. The maximum absolute atomic E-state index is 12.8. The second kappa shape index (κ2) is 56.7. The van der Waals surface area contributed by atoms with E-state index in [1.807, 2.05) is 0 Å². The molecule has 0 radical (unpaired) electrons. The lowest BCUT2D eigenvalue weighted by Gasteiger charge is -2.18. The van der Waals surface area contributed by atoms with Crippen molar-refractivity contribution in [3.05, 3.63) is 109 Å². The van der Waals surface area contributed by atoms with E-state index >= 15 is 0 Å². The van der Waals surface area contributed by atoms with Crippen LogP contribution in [-0.4, -0.2) is 37.2 Å². The topological polar surface area (TPSA) is 78.9 Å². The van der Waals surface area contributed by atoms with Gasteiger partial charge in [0.15, 0.2) is 6.10 Å². The Labute approximate surface area is 425 Å². The smallest absolute Gasteiger partial charge is 0.306 e. The van der Waals surface area contributed by atoms with Gasteiger partial charge < -0.3 is 14.2 Å². The van der Waals surface area contributed by atoms with Crippen LogP contribution in [0.4, 0.5) is 0 Å². The van der Waals surface area contributed by atoms with Gasteiger partial charge in [-0.3, -0.25) is 14.4 Å². The summed E-state index contributed by atoms with van der Waals surface area (Å²) in [7, 11) is 0. The average molecular weight is 958 g/mol. The molecule has 1 atom stereocenters. The first-order valence-electron chi connectivity index (χ1n) is 28.4. The third-order valence-electron chi connectivity index (χ3n) is 11.7. The first kappa shape index (κ1) is 65.1. The maximum atomic E-state index is 12.8. The van der Waals surface area contributed by atoms with Gasteiger partial charge in [-0.25, -0.2) is 0 Å². The highest BCUT2D eigenvalue weighted by Crippen LogP contribution is 2.14. The van der Waals surface area contributed by atoms with Crippen molar-refractivity contribution in [2.75, 3.05) is 13.2 Å². The van der Waals surface area contributed by atoms with Crippen LogP contribution in [0.15, 0.2) is 109 Å². The first-order valence-corrected chi connectivity index (χ1v) is 28.4. The number of hydrogen-bond donors (Lipinski definition) is 0. The summed E-state index contributed by atoms with van der Waals surface area (Å²) in [4.78, 5) is 38.1. The van der Waals surface area contributed by atoms with Crippen LogP contribution in [0.5, 0.6) is 0 Å².